The molecule has 0 spiro atoms. The fraction of sp³-hybridized carbons (Fsp3) is 0.500. The van der Waals surface area contributed by atoms with Gasteiger partial charge in [-0.1, -0.05) is 26.0 Å². The van der Waals surface area contributed by atoms with Crippen molar-refractivity contribution in [1.29, 1.82) is 0 Å². The minimum absolute atomic E-state index is 0.0955. The normalized spacial score (nSPS) is 18.6. The smallest absolute Gasteiger partial charge is 0.222 e. The van der Waals surface area contributed by atoms with E-state index in [0.29, 0.717) is 17.6 Å². The summed E-state index contributed by atoms with van der Waals surface area (Å²) in [5.74, 6) is 0.190. The maximum absolute atomic E-state index is 11.3. The molecule has 1 aromatic rings. The lowest BCUT2D eigenvalue weighted by Crippen LogP contribution is -2.45. The summed E-state index contributed by atoms with van der Waals surface area (Å²) >= 11 is 5.44. The number of rotatable bonds is 3. The van der Waals surface area contributed by atoms with E-state index in [1.54, 1.807) is 0 Å². The molecular formula is C16H23N3OS. The Bertz CT molecular complexity index is 513. The average Bonchev–Trinajstić information content (AvgIpc) is 2.48. The minimum atomic E-state index is -0.233. The summed E-state index contributed by atoms with van der Waals surface area (Å²) in [5, 5.41) is 3.91. The molecule has 1 aliphatic rings. The molecule has 1 aliphatic heterocycles. The maximum atomic E-state index is 11.3. The number of primary amides is 1. The summed E-state index contributed by atoms with van der Waals surface area (Å²) < 4.78 is 0. The molecule has 0 bridgehead atoms. The highest BCUT2D eigenvalue weighted by Gasteiger charge is 2.25. The Balaban J connectivity index is 1.96. The van der Waals surface area contributed by atoms with Crippen molar-refractivity contribution in [2.24, 2.45) is 11.7 Å². The van der Waals surface area contributed by atoms with Gasteiger partial charge in [-0.05, 0) is 48.7 Å². The van der Waals surface area contributed by atoms with Gasteiger partial charge in [-0.15, -0.1) is 0 Å². The van der Waals surface area contributed by atoms with Crippen LogP contribution in [0.2, 0.25) is 0 Å². The highest BCUT2D eigenvalue weighted by atomic mass is 32.1. The predicted molar refractivity (Wildman–Crippen MR) is 90.2 cm³/mol. The molecule has 0 aliphatic carbocycles. The number of thiocarbonyl (C=S) groups is 1. The molecule has 2 rings (SSSR count). The monoisotopic (exact) mass is 305 g/mol. The fourth-order valence-corrected chi connectivity index (χ4v) is 2.83. The molecule has 0 aromatic heterocycles. The van der Waals surface area contributed by atoms with Crippen molar-refractivity contribution < 1.29 is 4.79 Å². The molecule has 1 amide bonds. The molecule has 1 fully saturated rings. The summed E-state index contributed by atoms with van der Waals surface area (Å²) in [7, 11) is 0. The van der Waals surface area contributed by atoms with E-state index < -0.39 is 0 Å². The van der Waals surface area contributed by atoms with Crippen molar-refractivity contribution in [2.75, 3.05) is 18.4 Å². The number of anilines is 1. The van der Waals surface area contributed by atoms with Crippen LogP contribution in [0.4, 0.5) is 5.69 Å². The van der Waals surface area contributed by atoms with Gasteiger partial charge in [0.15, 0.2) is 5.11 Å². The maximum Gasteiger partial charge on any atom is 0.222 e. The van der Waals surface area contributed by atoms with Crippen LogP contribution in [0.15, 0.2) is 24.3 Å². The van der Waals surface area contributed by atoms with E-state index in [2.05, 4.69) is 31.3 Å². The zero-order valence-corrected chi connectivity index (χ0v) is 13.5. The van der Waals surface area contributed by atoms with E-state index in [-0.39, 0.29) is 11.8 Å². The molecule has 114 valence electrons. The molecular weight excluding hydrogens is 282 g/mol. The topological polar surface area (TPSA) is 58.4 Å². The number of benzene rings is 1. The zero-order chi connectivity index (χ0) is 15.4. The molecule has 5 heteroatoms. The van der Waals surface area contributed by atoms with Crippen LogP contribution >= 0.6 is 12.2 Å². The van der Waals surface area contributed by atoms with Crippen molar-refractivity contribution in [3.05, 3.63) is 29.8 Å². The molecule has 21 heavy (non-hydrogen) atoms. The number of piperidine rings is 1. The first kappa shape index (κ1) is 15.8. The van der Waals surface area contributed by atoms with E-state index in [9.17, 15) is 4.79 Å². The van der Waals surface area contributed by atoms with E-state index >= 15 is 0 Å². The lowest BCUT2D eigenvalue weighted by atomic mass is 9.98. The fourth-order valence-electron chi connectivity index (χ4n) is 2.55. The number of amides is 1. The van der Waals surface area contributed by atoms with E-state index in [1.807, 2.05) is 17.0 Å². The number of nitrogens with zero attached hydrogens (tertiary/aromatic N) is 1. The average molecular weight is 305 g/mol. The Morgan fingerprint density at radius 2 is 2.05 bits per heavy atom. The molecule has 1 heterocycles. The second-order valence-electron chi connectivity index (χ2n) is 5.89. The van der Waals surface area contributed by atoms with Gasteiger partial charge >= 0.3 is 0 Å². The number of likely N-dealkylation sites (tertiary alicyclic amines) is 1. The second kappa shape index (κ2) is 6.89. The van der Waals surface area contributed by atoms with Crippen LogP contribution in [0.3, 0.4) is 0 Å². The summed E-state index contributed by atoms with van der Waals surface area (Å²) in [5.41, 5.74) is 7.68. The van der Waals surface area contributed by atoms with Gasteiger partial charge in [-0.25, -0.2) is 0 Å². The number of hydrogen-bond acceptors (Lipinski definition) is 2. The molecule has 0 saturated carbocycles. The minimum Gasteiger partial charge on any atom is -0.369 e. The molecule has 1 aromatic carbocycles. The molecule has 0 radical (unpaired) electrons. The van der Waals surface area contributed by atoms with Gasteiger partial charge < -0.3 is 16.0 Å². The van der Waals surface area contributed by atoms with Crippen LogP contribution in [0.1, 0.15) is 38.2 Å². The van der Waals surface area contributed by atoms with Crippen LogP contribution in [-0.2, 0) is 4.79 Å². The molecule has 4 nitrogen and oxygen atoms in total. The molecule has 1 saturated heterocycles. The van der Waals surface area contributed by atoms with Gasteiger partial charge in [0.05, 0.1) is 5.92 Å². The van der Waals surface area contributed by atoms with Crippen LogP contribution in [-0.4, -0.2) is 29.0 Å². The standard InChI is InChI=1S/C16H23N3OS/c1-11(2)12-5-7-14(8-6-12)18-16(21)19-9-3-4-13(10-19)15(17)20/h5-8,11,13H,3-4,9-10H2,1-2H3,(H2,17,20)(H,18,21). The Morgan fingerprint density at radius 3 is 2.62 bits per heavy atom. The lowest BCUT2D eigenvalue weighted by Gasteiger charge is -2.33. The van der Waals surface area contributed by atoms with Crippen molar-refractivity contribution in [3.8, 4) is 0 Å². The first-order valence-electron chi connectivity index (χ1n) is 7.42. The van der Waals surface area contributed by atoms with Crippen molar-refractivity contribution in [3.63, 3.8) is 0 Å². The first-order valence-corrected chi connectivity index (χ1v) is 7.83. The van der Waals surface area contributed by atoms with E-state index in [0.717, 1.165) is 25.1 Å². The number of carbonyl (C=O) groups is 1. The van der Waals surface area contributed by atoms with Gasteiger partial charge in [0, 0.05) is 18.8 Å². The quantitative estimate of drug-likeness (QED) is 0.843. The molecule has 1 atom stereocenters. The third kappa shape index (κ3) is 4.17. The van der Waals surface area contributed by atoms with Gasteiger partial charge in [0.1, 0.15) is 0 Å². The van der Waals surface area contributed by atoms with Crippen LogP contribution in [0, 0.1) is 5.92 Å². The third-order valence-corrected chi connectivity index (χ3v) is 4.30. The number of nitrogens with two attached hydrogens (primary N) is 1. The van der Waals surface area contributed by atoms with E-state index in [1.165, 1.54) is 5.56 Å². The molecule has 3 N–H and O–H groups in total. The second-order valence-corrected chi connectivity index (χ2v) is 6.28. The Kier molecular flexibility index (Phi) is 5.17. The van der Waals surface area contributed by atoms with Gasteiger partial charge in [0.25, 0.3) is 0 Å². The van der Waals surface area contributed by atoms with Crippen LogP contribution in [0.5, 0.6) is 0 Å². The molecule has 1 unspecified atom stereocenters. The van der Waals surface area contributed by atoms with Gasteiger partial charge in [0.2, 0.25) is 5.91 Å². The first-order chi connectivity index (χ1) is 9.97. The third-order valence-electron chi connectivity index (χ3n) is 3.94. The van der Waals surface area contributed by atoms with E-state index in [4.69, 9.17) is 18.0 Å². The van der Waals surface area contributed by atoms with Gasteiger partial charge in [-0.2, -0.15) is 0 Å². The van der Waals surface area contributed by atoms with Crippen molar-refractivity contribution >= 4 is 28.9 Å². The Labute approximate surface area is 131 Å². The number of nitrogens with one attached hydrogen (secondary N) is 1. The number of hydrogen-bond donors (Lipinski definition) is 2. The van der Waals surface area contributed by atoms with Crippen LogP contribution in [0.25, 0.3) is 0 Å². The zero-order valence-electron chi connectivity index (χ0n) is 12.6. The lowest BCUT2D eigenvalue weighted by molar-refractivity contribution is -0.122. The Hall–Kier alpha value is -1.62. The SMILES string of the molecule is CC(C)c1ccc(NC(=S)N2CCCC(C(N)=O)C2)cc1. The highest BCUT2D eigenvalue weighted by molar-refractivity contribution is 7.80. The number of carbonyl (C=O) groups excluding carboxylic acids is 1. The largest absolute Gasteiger partial charge is 0.369 e. The summed E-state index contributed by atoms with van der Waals surface area (Å²) in [6.45, 7) is 5.83. The van der Waals surface area contributed by atoms with Crippen molar-refractivity contribution in [1.82, 2.24) is 4.90 Å². The highest BCUT2D eigenvalue weighted by Crippen LogP contribution is 2.19. The summed E-state index contributed by atoms with van der Waals surface area (Å²) in [4.78, 5) is 13.3. The summed E-state index contributed by atoms with van der Waals surface area (Å²) in [6, 6.07) is 8.30. The van der Waals surface area contributed by atoms with Gasteiger partial charge in [-0.3, -0.25) is 4.79 Å². The summed E-state index contributed by atoms with van der Waals surface area (Å²) in [6.07, 6.45) is 1.80. The van der Waals surface area contributed by atoms with Crippen LogP contribution < -0.4 is 11.1 Å². The predicted octanol–water partition coefficient (Wildman–Crippen LogP) is 2.70. The Morgan fingerprint density at radius 1 is 1.38 bits per heavy atom. The van der Waals surface area contributed by atoms with Crippen molar-refractivity contribution in [2.45, 2.75) is 32.6 Å².